The second-order valence-electron chi connectivity index (χ2n) is 7.35. The molecule has 0 unspecified atom stereocenters. The van der Waals surface area contributed by atoms with Gasteiger partial charge in [-0.1, -0.05) is 18.2 Å². The van der Waals surface area contributed by atoms with Crippen LogP contribution in [0.15, 0.2) is 65.8 Å². The Morgan fingerprint density at radius 3 is 2.72 bits per heavy atom. The Kier molecular flexibility index (Phi) is 6.04. The number of amides is 2. The van der Waals surface area contributed by atoms with Gasteiger partial charge in [0.2, 0.25) is 11.8 Å². The van der Waals surface area contributed by atoms with Crippen molar-refractivity contribution < 1.29 is 27.5 Å². The second kappa shape index (κ2) is 8.91. The number of methoxy groups -OCH3 is 1. The molecule has 0 spiro atoms. The Morgan fingerprint density at radius 2 is 1.97 bits per heavy atom. The Bertz CT molecular complexity index is 1150. The zero-order chi connectivity index (χ0) is 22.7. The third-order valence-corrected chi connectivity index (χ3v) is 7.16. The lowest BCUT2D eigenvalue weighted by molar-refractivity contribution is -0.129. The van der Waals surface area contributed by atoms with E-state index >= 15 is 0 Å². The van der Waals surface area contributed by atoms with Crippen molar-refractivity contribution in [1.29, 1.82) is 0 Å². The number of benzene rings is 2. The topological polar surface area (TPSA) is 114 Å². The molecular weight excluding hydrogens is 434 g/mol. The van der Waals surface area contributed by atoms with Crippen LogP contribution in [0.4, 0.5) is 0 Å². The van der Waals surface area contributed by atoms with Crippen molar-refractivity contribution >= 4 is 21.8 Å². The summed E-state index contributed by atoms with van der Waals surface area (Å²) in [4.78, 5) is 25.3. The SMILES string of the molecule is COc1ccc(S(=O)(=O)N2C=CNC(=O)[C@H]2CC(=O)N[C@H]2CCOc3ccccc32)cc1. The number of carbonyl (C=O) groups excluding carboxylic acids is 2. The van der Waals surface area contributed by atoms with Crippen LogP contribution in [0.2, 0.25) is 0 Å². The summed E-state index contributed by atoms with van der Waals surface area (Å²) in [5.41, 5.74) is 0.850. The van der Waals surface area contributed by atoms with Crippen LogP contribution in [-0.2, 0) is 19.6 Å². The largest absolute Gasteiger partial charge is 0.497 e. The van der Waals surface area contributed by atoms with E-state index in [1.807, 2.05) is 24.3 Å². The molecule has 0 aliphatic carbocycles. The molecule has 10 heteroatoms. The predicted octanol–water partition coefficient (Wildman–Crippen LogP) is 1.69. The zero-order valence-corrected chi connectivity index (χ0v) is 18.2. The fourth-order valence-corrected chi connectivity index (χ4v) is 5.18. The average Bonchev–Trinajstić information content (AvgIpc) is 2.80. The van der Waals surface area contributed by atoms with Gasteiger partial charge in [0.05, 0.1) is 31.1 Å². The Balaban J connectivity index is 1.53. The summed E-state index contributed by atoms with van der Waals surface area (Å²) >= 11 is 0. The van der Waals surface area contributed by atoms with Crippen LogP contribution < -0.4 is 20.1 Å². The minimum atomic E-state index is -4.07. The standard InChI is InChI=1S/C22H23N3O6S/c1-30-15-6-8-16(9-7-15)32(28,29)25-12-11-23-22(27)19(25)14-21(26)24-18-10-13-31-20-5-3-2-4-17(18)20/h2-9,11-12,18-19H,10,13-14H2,1H3,(H,23,27)(H,24,26)/t18-,19+/m0/s1. The highest BCUT2D eigenvalue weighted by Crippen LogP contribution is 2.32. The van der Waals surface area contributed by atoms with Gasteiger partial charge in [0.1, 0.15) is 17.5 Å². The van der Waals surface area contributed by atoms with Crippen molar-refractivity contribution in [3.63, 3.8) is 0 Å². The van der Waals surface area contributed by atoms with E-state index in [1.54, 1.807) is 0 Å². The first-order valence-electron chi connectivity index (χ1n) is 10.1. The number of rotatable bonds is 6. The highest BCUT2D eigenvalue weighted by atomic mass is 32.2. The Hall–Kier alpha value is -3.53. The molecule has 2 aromatic carbocycles. The normalized spacial score (nSPS) is 20.0. The molecule has 9 nitrogen and oxygen atoms in total. The van der Waals surface area contributed by atoms with Crippen molar-refractivity contribution in [2.45, 2.75) is 29.8 Å². The van der Waals surface area contributed by atoms with E-state index in [0.717, 1.165) is 9.87 Å². The predicted molar refractivity (Wildman–Crippen MR) is 115 cm³/mol. The molecule has 2 amide bonds. The number of hydrogen-bond donors (Lipinski definition) is 2. The van der Waals surface area contributed by atoms with Crippen LogP contribution in [0.1, 0.15) is 24.4 Å². The van der Waals surface area contributed by atoms with Crippen molar-refractivity contribution in [3.05, 3.63) is 66.5 Å². The first-order valence-corrected chi connectivity index (χ1v) is 11.5. The summed E-state index contributed by atoms with van der Waals surface area (Å²) in [6.07, 6.45) is 2.74. The minimum absolute atomic E-state index is 0.0126. The molecule has 2 aliphatic rings. The number of carbonyl (C=O) groups is 2. The summed E-state index contributed by atoms with van der Waals surface area (Å²) in [6, 6.07) is 11.7. The third-order valence-electron chi connectivity index (χ3n) is 5.36. The van der Waals surface area contributed by atoms with E-state index in [2.05, 4.69) is 10.6 Å². The molecule has 0 radical (unpaired) electrons. The van der Waals surface area contributed by atoms with Crippen molar-refractivity contribution in [2.75, 3.05) is 13.7 Å². The number of hydrogen-bond acceptors (Lipinski definition) is 6. The Labute approximate surface area is 186 Å². The summed E-state index contributed by atoms with van der Waals surface area (Å²) < 4.78 is 38.0. The zero-order valence-electron chi connectivity index (χ0n) is 17.4. The lowest BCUT2D eigenvalue weighted by Gasteiger charge is -2.32. The van der Waals surface area contributed by atoms with E-state index in [9.17, 15) is 18.0 Å². The smallest absolute Gasteiger partial charge is 0.264 e. The van der Waals surface area contributed by atoms with E-state index in [-0.39, 0.29) is 17.4 Å². The van der Waals surface area contributed by atoms with Gasteiger partial charge in [-0.15, -0.1) is 0 Å². The van der Waals surface area contributed by atoms with Crippen LogP contribution in [0.5, 0.6) is 11.5 Å². The molecule has 168 valence electrons. The van der Waals surface area contributed by atoms with E-state index in [4.69, 9.17) is 9.47 Å². The molecule has 0 saturated heterocycles. The average molecular weight is 458 g/mol. The lowest BCUT2D eigenvalue weighted by Crippen LogP contribution is -2.51. The van der Waals surface area contributed by atoms with Gasteiger partial charge in [-0.3, -0.25) is 13.9 Å². The number of para-hydroxylation sites is 1. The number of sulfonamides is 1. The molecule has 0 bridgehead atoms. The fourth-order valence-electron chi connectivity index (χ4n) is 3.73. The fraction of sp³-hybridized carbons (Fsp3) is 0.273. The van der Waals surface area contributed by atoms with Crippen molar-refractivity contribution in [3.8, 4) is 11.5 Å². The number of ether oxygens (including phenoxy) is 2. The summed E-state index contributed by atoms with van der Waals surface area (Å²) in [7, 11) is -2.59. The summed E-state index contributed by atoms with van der Waals surface area (Å²) in [6.45, 7) is 0.451. The first kappa shape index (κ1) is 21.7. The first-order chi connectivity index (χ1) is 15.4. The van der Waals surface area contributed by atoms with Crippen LogP contribution in [0.25, 0.3) is 0 Å². The van der Waals surface area contributed by atoms with Gasteiger partial charge in [0.15, 0.2) is 0 Å². The highest BCUT2D eigenvalue weighted by Gasteiger charge is 2.37. The second-order valence-corrected chi connectivity index (χ2v) is 9.19. The van der Waals surface area contributed by atoms with Crippen LogP contribution in [0, 0.1) is 0 Å². The maximum absolute atomic E-state index is 13.2. The molecule has 2 atom stereocenters. The minimum Gasteiger partial charge on any atom is -0.497 e. The van der Waals surface area contributed by atoms with E-state index in [1.165, 1.54) is 43.8 Å². The van der Waals surface area contributed by atoms with Crippen molar-refractivity contribution in [1.82, 2.24) is 14.9 Å². The molecule has 2 aliphatic heterocycles. The number of fused-ring (bicyclic) bond motifs is 1. The molecule has 2 N–H and O–H groups in total. The van der Waals surface area contributed by atoms with Gasteiger partial charge in [-0.05, 0) is 30.3 Å². The molecule has 4 rings (SSSR count). The molecule has 0 aromatic heterocycles. The monoisotopic (exact) mass is 457 g/mol. The third kappa shape index (κ3) is 4.26. The summed E-state index contributed by atoms with van der Waals surface area (Å²) in [5.74, 6) is 0.193. The molecule has 0 fully saturated rings. The lowest BCUT2D eigenvalue weighted by atomic mass is 10.00. The van der Waals surface area contributed by atoms with Crippen LogP contribution in [0.3, 0.4) is 0 Å². The van der Waals surface area contributed by atoms with Gasteiger partial charge >= 0.3 is 0 Å². The quantitative estimate of drug-likeness (QED) is 0.682. The molecule has 2 heterocycles. The van der Waals surface area contributed by atoms with Crippen molar-refractivity contribution in [2.24, 2.45) is 0 Å². The van der Waals surface area contributed by atoms with Gasteiger partial charge < -0.3 is 20.1 Å². The van der Waals surface area contributed by atoms with Gasteiger partial charge in [-0.2, -0.15) is 0 Å². The summed E-state index contributed by atoms with van der Waals surface area (Å²) in [5, 5.41) is 5.39. The van der Waals surface area contributed by atoms with E-state index < -0.39 is 27.9 Å². The van der Waals surface area contributed by atoms with Gasteiger partial charge in [0.25, 0.3) is 10.0 Å². The molecule has 32 heavy (non-hydrogen) atoms. The number of nitrogens with zero attached hydrogens (tertiary/aromatic N) is 1. The Morgan fingerprint density at radius 1 is 1.22 bits per heavy atom. The molecular formula is C22H23N3O6S. The van der Waals surface area contributed by atoms with E-state index in [0.29, 0.717) is 24.5 Å². The van der Waals surface area contributed by atoms with Gasteiger partial charge in [-0.25, -0.2) is 8.42 Å². The van der Waals surface area contributed by atoms with Gasteiger partial charge in [0, 0.05) is 24.4 Å². The highest BCUT2D eigenvalue weighted by molar-refractivity contribution is 7.89. The maximum Gasteiger partial charge on any atom is 0.264 e. The van der Waals surface area contributed by atoms with Crippen LogP contribution >= 0.6 is 0 Å². The van der Waals surface area contributed by atoms with Crippen LogP contribution in [-0.4, -0.2) is 44.3 Å². The maximum atomic E-state index is 13.2. The molecule has 0 saturated carbocycles. The number of nitrogens with one attached hydrogen (secondary N) is 2. The molecule has 2 aromatic rings.